The van der Waals surface area contributed by atoms with Crippen LogP contribution in [0.5, 0.6) is 0 Å². The molecule has 0 bridgehead atoms. The van der Waals surface area contributed by atoms with Crippen molar-refractivity contribution in [3.63, 3.8) is 0 Å². The number of aromatic nitrogens is 3. The quantitative estimate of drug-likeness (QED) is 0.353. The Morgan fingerprint density at radius 3 is 2.59 bits per heavy atom. The normalized spacial score (nSPS) is 10.7. The Kier molecular flexibility index (Phi) is 5.98. The predicted octanol–water partition coefficient (Wildman–Crippen LogP) is 3.95. The third kappa shape index (κ3) is 4.67. The molecule has 32 heavy (non-hydrogen) atoms. The molecule has 4 rings (SSSR count). The van der Waals surface area contributed by atoms with E-state index in [1.807, 2.05) is 18.2 Å². The number of carbonyl (C=O) groups is 1. The van der Waals surface area contributed by atoms with Gasteiger partial charge in [0.15, 0.2) is 0 Å². The minimum atomic E-state index is -0.513. The smallest absolute Gasteiger partial charge is 0.271 e. The minimum Gasteiger partial charge on any atom is -0.350 e. The topological polar surface area (TPSA) is 103 Å². The lowest BCUT2D eigenvalue weighted by Crippen LogP contribution is -2.28. The Hall–Kier alpha value is -4.40. The molecule has 9 heteroatoms. The second-order valence-electron chi connectivity index (χ2n) is 6.94. The second kappa shape index (κ2) is 9.17. The molecule has 2 aromatic carbocycles. The highest BCUT2D eigenvalue weighted by Gasteiger charge is 2.19. The molecular weight excluding hydrogens is 413 g/mol. The number of hydrogen-bond donors (Lipinski definition) is 1. The minimum absolute atomic E-state index is 0.122. The summed E-state index contributed by atoms with van der Waals surface area (Å²) in [5.41, 5.74) is 2.33. The van der Waals surface area contributed by atoms with E-state index >= 15 is 0 Å². The number of rotatable bonds is 7. The predicted molar refractivity (Wildman–Crippen MR) is 116 cm³/mol. The van der Waals surface area contributed by atoms with Gasteiger partial charge >= 0.3 is 0 Å². The van der Waals surface area contributed by atoms with Crippen LogP contribution >= 0.6 is 0 Å². The first-order valence-electron chi connectivity index (χ1n) is 9.80. The lowest BCUT2D eigenvalue weighted by molar-refractivity contribution is -0.384. The number of halogens is 1. The van der Waals surface area contributed by atoms with E-state index in [4.69, 9.17) is 0 Å². The van der Waals surface area contributed by atoms with Gasteiger partial charge in [-0.1, -0.05) is 12.1 Å². The van der Waals surface area contributed by atoms with Crippen molar-refractivity contribution in [2.45, 2.75) is 6.42 Å². The summed E-state index contributed by atoms with van der Waals surface area (Å²) < 4.78 is 14.7. The second-order valence-corrected chi connectivity index (χ2v) is 6.94. The summed E-state index contributed by atoms with van der Waals surface area (Å²) in [6, 6.07) is 18.7. The van der Waals surface area contributed by atoms with E-state index in [-0.39, 0.29) is 17.2 Å². The van der Waals surface area contributed by atoms with Gasteiger partial charge in [-0.3, -0.25) is 19.9 Å². The van der Waals surface area contributed by atoms with Gasteiger partial charge in [0.25, 0.3) is 11.6 Å². The molecule has 1 N–H and O–H groups in total. The Bertz CT molecular complexity index is 1260. The fourth-order valence-electron chi connectivity index (χ4n) is 3.18. The fourth-order valence-corrected chi connectivity index (χ4v) is 3.18. The summed E-state index contributed by atoms with van der Waals surface area (Å²) in [6.07, 6.45) is 2.23. The SMILES string of the molecule is O=C(NCCc1ccccn1)c1cc(-c2ccc(F)cc2)nn1-c1cccc([N+](=O)[O-])c1. The monoisotopic (exact) mass is 431 g/mol. The summed E-state index contributed by atoms with van der Waals surface area (Å²) in [7, 11) is 0. The molecule has 0 unspecified atom stereocenters. The van der Waals surface area contributed by atoms with E-state index in [0.29, 0.717) is 29.9 Å². The maximum atomic E-state index is 13.3. The van der Waals surface area contributed by atoms with E-state index < -0.39 is 10.8 Å². The number of pyridine rings is 1. The van der Waals surface area contributed by atoms with Crippen LogP contribution in [0.15, 0.2) is 79.0 Å². The maximum Gasteiger partial charge on any atom is 0.271 e. The molecule has 0 aliphatic rings. The molecule has 0 aliphatic carbocycles. The average molecular weight is 431 g/mol. The van der Waals surface area contributed by atoms with Gasteiger partial charge in [-0.2, -0.15) is 5.10 Å². The van der Waals surface area contributed by atoms with E-state index in [1.54, 1.807) is 30.5 Å². The largest absolute Gasteiger partial charge is 0.350 e. The summed E-state index contributed by atoms with van der Waals surface area (Å²) >= 11 is 0. The zero-order valence-corrected chi connectivity index (χ0v) is 16.8. The van der Waals surface area contributed by atoms with Crippen molar-refractivity contribution < 1.29 is 14.1 Å². The zero-order valence-electron chi connectivity index (χ0n) is 16.8. The number of non-ortho nitro benzene ring substituents is 1. The van der Waals surface area contributed by atoms with Gasteiger partial charge in [0, 0.05) is 42.6 Å². The number of nitrogens with one attached hydrogen (secondary N) is 1. The number of nitrogens with zero attached hydrogens (tertiary/aromatic N) is 4. The van der Waals surface area contributed by atoms with Gasteiger partial charge in [0.1, 0.15) is 11.5 Å². The summed E-state index contributed by atoms with van der Waals surface area (Å²) in [4.78, 5) is 27.9. The zero-order chi connectivity index (χ0) is 22.5. The third-order valence-corrected chi connectivity index (χ3v) is 4.76. The number of nitro groups is 1. The molecule has 0 fully saturated rings. The molecule has 8 nitrogen and oxygen atoms in total. The first-order chi connectivity index (χ1) is 15.5. The van der Waals surface area contributed by atoms with Crippen molar-refractivity contribution >= 4 is 11.6 Å². The molecule has 1 amide bonds. The molecule has 0 spiro atoms. The highest BCUT2D eigenvalue weighted by atomic mass is 19.1. The number of carbonyl (C=O) groups excluding carboxylic acids is 1. The van der Waals surface area contributed by atoms with Gasteiger partial charge < -0.3 is 5.32 Å². The van der Waals surface area contributed by atoms with Crippen molar-refractivity contribution in [1.29, 1.82) is 0 Å². The Morgan fingerprint density at radius 1 is 1.06 bits per heavy atom. The van der Waals surface area contributed by atoms with Crippen LogP contribution in [0.3, 0.4) is 0 Å². The van der Waals surface area contributed by atoms with E-state index in [2.05, 4.69) is 15.4 Å². The Balaban J connectivity index is 1.66. The van der Waals surface area contributed by atoms with Crippen LogP contribution in [0.1, 0.15) is 16.2 Å². The maximum absolute atomic E-state index is 13.3. The lowest BCUT2D eigenvalue weighted by Gasteiger charge is -2.08. The first-order valence-corrected chi connectivity index (χ1v) is 9.80. The number of amides is 1. The number of hydrogen-bond acceptors (Lipinski definition) is 5. The molecule has 2 aromatic heterocycles. The van der Waals surface area contributed by atoms with Crippen LogP contribution in [0, 0.1) is 15.9 Å². The van der Waals surface area contributed by atoms with Crippen LogP contribution in [0.2, 0.25) is 0 Å². The molecule has 0 atom stereocenters. The van der Waals surface area contributed by atoms with Gasteiger partial charge in [-0.25, -0.2) is 9.07 Å². The van der Waals surface area contributed by atoms with E-state index in [9.17, 15) is 19.3 Å². The summed E-state index contributed by atoms with van der Waals surface area (Å²) in [6.45, 7) is 0.349. The lowest BCUT2D eigenvalue weighted by atomic mass is 10.1. The van der Waals surface area contributed by atoms with Gasteiger partial charge in [0.2, 0.25) is 0 Å². The molecular formula is C23H18FN5O3. The van der Waals surface area contributed by atoms with E-state index in [1.165, 1.54) is 35.0 Å². The van der Waals surface area contributed by atoms with Crippen LogP contribution < -0.4 is 5.32 Å². The van der Waals surface area contributed by atoms with Crippen LogP contribution in [-0.4, -0.2) is 32.1 Å². The van der Waals surface area contributed by atoms with Crippen LogP contribution in [0.4, 0.5) is 10.1 Å². The molecule has 0 saturated carbocycles. The molecule has 2 heterocycles. The van der Waals surface area contributed by atoms with Crippen molar-refractivity contribution in [2.75, 3.05) is 6.54 Å². The standard InChI is InChI=1S/C23H18FN5O3/c24-17-9-7-16(8-10-17)21-15-22(23(30)26-13-11-18-4-1-2-12-25-18)28(27-21)19-5-3-6-20(14-19)29(31)32/h1-10,12,14-15H,11,13H2,(H,26,30). The third-order valence-electron chi connectivity index (χ3n) is 4.76. The number of benzene rings is 2. The summed E-state index contributed by atoms with van der Waals surface area (Å²) in [5.74, 6) is -0.785. The van der Waals surface area contributed by atoms with Crippen molar-refractivity contribution in [3.8, 4) is 16.9 Å². The molecule has 0 aliphatic heterocycles. The Labute approximate surface area is 182 Å². The van der Waals surface area contributed by atoms with Crippen LogP contribution in [0.25, 0.3) is 16.9 Å². The summed E-state index contributed by atoms with van der Waals surface area (Å²) in [5, 5.41) is 18.5. The van der Waals surface area contributed by atoms with Crippen molar-refractivity contribution in [3.05, 3.63) is 106 Å². The molecule has 4 aromatic rings. The van der Waals surface area contributed by atoms with Crippen molar-refractivity contribution in [2.24, 2.45) is 0 Å². The highest BCUT2D eigenvalue weighted by Crippen LogP contribution is 2.24. The van der Waals surface area contributed by atoms with Gasteiger partial charge in [-0.05, 0) is 48.5 Å². The fraction of sp³-hybridized carbons (Fsp3) is 0.0870. The average Bonchev–Trinajstić information content (AvgIpc) is 3.26. The van der Waals surface area contributed by atoms with Crippen LogP contribution in [-0.2, 0) is 6.42 Å². The van der Waals surface area contributed by atoms with Gasteiger partial charge in [0.05, 0.1) is 16.3 Å². The van der Waals surface area contributed by atoms with E-state index in [0.717, 1.165) is 5.69 Å². The molecule has 160 valence electrons. The molecule has 0 saturated heterocycles. The molecule has 0 radical (unpaired) electrons. The van der Waals surface area contributed by atoms with Gasteiger partial charge in [-0.15, -0.1) is 0 Å². The Morgan fingerprint density at radius 2 is 1.88 bits per heavy atom. The first kappa shape index (κ1) is 20.9. The van der Waals surface area contributed by atoms with Crippen molar-refractivity contribution in [1.82, 2.24) is 20.1 Å². The number of nitro benzene ring substituents is 1. The highest BCUT2D eigenvalue weighted by molar-refractivity contribution is 5.94.